The maximum absolute atomic E-state index is 5.94. The second-order valence-electron chi connectivity index (χ2n) is 5.28. The van der Waals surface area contributed by atoms with Gasteiger partial charge in [-0.1, -0.05) is 31.2 Å². The van der Waals surface area contributed by atoms with Crippen LogP contribution in [0.3, 0.4) is 0 Å². The second kappa shape index (κ2) is 6.68. The Morgan fingerprint density at radius 2 is 1.90 bits per heavy atom. The van der Waals surface area contributed by atoms with Crippen molar-refractivity contribution in [1.29, 1.82) is 0 Å². The quantitative estimate of drug-likeness (QED) is 0.876. The average molecular weight is 272 g/mol. The molecule has 0 saturated carbocycles. The molecule has 2 aromatic rings. The summed E-state index contributed by atoms with van der Waals surface area (Å²) in [5.41, 5.74) is 9.79. The van der Waals surface area contributed by atoms with Crippen molar-refractivity contribution < 1.29 is 0 Å². The van der Waals surface area contributed by atoms with Crippen molar-refractivity contribution in [3.8, 4) is 0 Å². The van der Waals surface area contributed by atoms with Crippen LogP contribution in [0.5, 0.6) is 0 Å². The fraction of sp³-hybridized carbons (Fsp3) is 0.438. The normalized spacial score (nSPS) is 12.8. The second-order valence-corrected chi connectivity index (χ2v) is 5.28. The summed E-state index contributed by atoms with van der Waals surface area (Å²) in [5, 5.41) is 4.23. The average Bonchev–Trinajstić information content (AvgIpc) is 2.87. The number of nitrogens with zero attached hydrogens (tertiary/aromatic N) is 3. The Kier molecular flexibility index (Phi) is 4.93. The van der Waals surface area contributed by atoms with Gasteiger partial charge in [-0.05, 0) is 24.6 Å². The van der Waals surface area contributed by atoms with Crippen molar-refractivity contribution in [3.63, 3.8) is 0 Å². The lowest BCUT2D eigenvalue weighted by Gasteiger charge is -2.26. The molecule has 4 heteroatoms. The molecule has 0 bridgehead atoms. The number of benzene rings is 1. The first-order valence-corrected chi connectivity index (χ1v) is 7.10. The Morgan fingerprint density at radius 3 is 2.40 bits per heavy atom. The molecule has 20 heavy (non-hydrogen) atoms. The number of aryl methyl sites for hydroxylation is 2. The van der Waals surface area contributed by atoms with Gasteiger partial charge in [0.1, 0.15) is 0 Å². The first-order chi connectivity index (χ1) is 9.63. The van der Waals surface area contributed by atoms with Crippen molar-refractivity contribution in [2.75, 3.05) is 13.6 Å². The van der Waals surface area contributed by atoms with Crippen LogP contribution in [0.1, 0.15) is 29.7 Å². The summed E-state index contributed by atoms with van der Waals surface area (Å²) >= 11 is 0. The highest BCUT2D eigenvalue weighted by Gasteiger charge is 2.17. The van der Waals surface area contributed by atoms with Gasteiger partial charge in [-0.2, -0.15) is 5.10 Å². The SMILES string of the molecule is CCc1ccc(CN(C)C(CN)c2cnn(C)c2)cc1. The highest BCUT2D eigenvalue weighted by molar-refractivity contribution is 5.23. The molecule has 2 N–H and O–H groups in total. The Labute approximate surface area is 121 Å². The largest absolute Gasteiger partial charge is 0.329 e. The van der Waals surface area contributed by atoms with E-state index < -0.39 is 0 Å². The number of hydrogen-bond donors (Lipinski definition) is 1. The van der Waals surface area contributed by atoms with Crippen molar-refractivity contribution in [1.82, 2.24) is 14.7 Å². The molecule has 0 aliphatic rings. The maximum atomic E-state index is 5.94. The summed E-state index contributed by atoms with van der Waals surface area (Å²) in [6.07, 6.45) is 5.01. The number of nitrogens with two attached hydrogens (primary N) is 1. The van der Waals surface area contributed by atoms with E-state index in [1.807, 2.05) is 24.1 Å². The van der Waals surface area contributed by atoms with Crippen LogP contribution in [0.4, 0.5) is 0 Å². The zero-order chi connectivity index (χ0) is 14.5. The fourth-order valence-corrected chi connectivity index (χ4v) is 2.46. The molecule has 0 radical (unpaired) electrons. The molecule has 0 aliphatic heterocycles. The third-order valence-electron chi connectivity index (χ3n) is 3.73. The summed E-state index contributed by atoms with van der Waals surface area (Å²) in [6.45, 7) is 3.66. The first kappa shape index (κ1) is 14.8. The minimum Gasteiger partial charge on any atom is -0.329 e. The van der Waals surface area contributed by atoms with Gasteiger partial charge in [0, 0.05) is 31.9 Å². The van der Waals surface area contributed by atoms with Crippen LogP contribution >= 0.6 is 0 Å². The molecule has 2 rings (SSSR count). The van der Waals surface area contributed by atoms with Gasteiger partial charge in [0.15, 0.2) is 0 Å². The van der Waals surface area contributed by atoms with E-state index in [1.54, 1.807) is 0 Å². The minimum absolute atomic E-state index is 0.203. The van der Waals surface area contributed by atoms with Crippen LogP contribution in [0.2, 0.25) is 0 Å². The Hall–Kier alpha value is -1.65. The minimum atomic E-state index is 0.203. The molecule has 1 atom stereocenters. The molecule has 108 valence electrons. The lowest BCUT2D eigenvalue weighted by atomic mass is 10.1. The van der Waals surface area contributed by atoms with E-state index in [0.717, 1.165) is 13.0 Å². The smallest absolute Gasteiger partial charge is 0.0538 e. The van der Waals surface area contributed by atoms with Crippen LogP contribution in [-0.4, -0.2) is 28.3 Å². The molecule has 0 saturated heterocycles. The third kappa shape index (κ3) is 3.46. The lowest BCUT2D eigenvalue weighted by Crippen LogP contribution is -2.30. The van der Waals surface area contributed by atoms with Gasteiger partial charge in [-0.3, -0.25) is 9.58 Å². The van der Waals surface area contributed by atoms with E-state index in [-0.39, 0.29) is 6.04 Å². The first-order valence-electron chi connectivity index (χ1n) is 7.10. The van der Waals surface area contributed by atoms with Crippen LogP contribution in [-0.2, 0) is 20.0 Å². The highest BCUT2D eigenvalue weighted by Crippen LogP contribution is 2.19. The zero-order valence-electron chi connectivity index (χ0n) is 12.6. The summed E-state index contributed by atoms with van der Waals surface area (Å²) < 4.78 is 1.82. The summed E-state index contributed by atoms with van der Waals surface area (Å²) in [5.74, 6) is 0. The van der Waals surface area contributed by atoms with Crippen LogP contribution in [0, 0.1) is 0 Å². The molecule has 1 heterocycles. The van der Waals surface area contributed by atoms with Crippen LogP contribution in [0.25, 0.3) is 0 Å². The Morgan fingerprint density at radius 1 is 1.25 bits per heavy atom. The lowest BCUT2D eigenvalue weighted by molar-refractivity contribution is 0.241. The molecular weight excluding hydrogens is 248 g/mol. The van der Waals surface area contributed by atoms with E-state index >= 15 is 0 Å². The Bertz CT molecular complexity index is 530. The van der Waals surface area contributed by atoms with Crippen LogP contribution < -0.4 is 5.73 Å². The predicted molar refractivity (Wildman–Crippen MR) is 82.3 cm³/mol. The highest BCUT2D eigenvalue weighted by atomic mass is 15.2. The van der Waals surface area contributed by atoms with E-state index in [9.17, 15) is 0 Å². The summed E-state index contributed by atoms with van der Waals surface area (Å²) in [4.78, 5) is 2.28. The molecule has 1 aromatic heterocycles. The van der Waals surface area contributed by atoms with Gasteiger partial charge in [0.2, 0.25) is 0 Å². The summed E-state index contributed by atoms with van der Waals surface area (Å²) in [6, 6.07) is 9.00. The van der Waals surface area contributed by atoms with Crippen molar-refractivity contribution in [2.45, 2.75) is 25.9 Å². The molecular formula is C16H24N4. The molecule has 0 amide bonds. The summed E-state index contributed by atoms with van der Waals surface area (Å²) in [7, 11) is 4.04. The standard InChI is InChI=1S/C16H24N4/c1-4-13-5-7-14(8-6-13)11-19(2)16(9-17)15-10-18-20(3)12-15/h5-8,10,12,16H,4,9,11,17H2,1-3H3. The van der Waals surface area contributed by atoms with E-state index in [0.29, 0.717) is 6.54 Å². The fourth-order valence-electron chi connectivity index (χ4n) is 2.46. The monoisotopic (exact) mass is 272 g/mol. The van der Waals surface area contributed by atoms with E-state index in [2.05, 4.69) is 48.2 Å². The van der Waals surface area contributed by atoms with Crippen molar-refractivity contribution in [3.05, 3.63) is 53.3 Å². The van der Waals surface area contributed by atoms with Gasteiger partial charge in [-0.25, -0.2) is 0 Å². The maximum Gasteiger partial charge on any atom is 0.0538 e. The zero-order valence-corrected chi connectivity index (χ0v) is 12.6. The van der Waals surface area contributed by atoms with Gasteiger partial charge in [-0.15, -0.1) is 0 Å². The predicted octanol–water partition coefficient (Wildman–Crippen LogP) is 2.11. The van der Waals surface area contributed by atoms with Crippen LogP contribution in [0.15, 0.2) is 36.7 Å². The van der Waals surface area contributed by atoms with Gasteiger partial charge >= 0.3 is 0 Å². The molecule has 1 aromatic carbocycles. The van der Waals surface area contributed by atoms with Gasteiger partial charge in [0.25, 0.3) is 0 Å². The number of rotatable bonds is 6. The topological polar surface area (TPSA) is 47.1 Å². The van der Waals surface area contributed by atoms with Gasteiger partial charge < -0.3 is 5.73 Å². The van der Waals surface area contributed by atoms with Gasteiger partial charge in [0.05, 0.1) is 12.2 Å². The van der Waals surface area contributed by atoms with E-state index in [4.69, 9.17) is 5.73 Å². The van der Waals surface area contributed by atoms with Crippen molar-refractivity contribution in [2.24, 2.45) is 12.8 Å². The third-order valence-corrected chi connectivity index (χ3v) is 3.73. The Balaban J connectivity index is 2.06. The molecule has 0 aliphatic carbocycles. The molecule has 4 nitrogen and oxygen atoms in total. The molecule has 0 fully saturated rings. The van der Waals surface area contributed by atoms with E-state index in [1.165, 1.54) is 16.7 Å². The van der Waals surface area contributed by atoms with Crippen molar-refractivity contribution >= 4 is 0 Å². The number of hydrogen-bond acceptors (Lipinski definition) is 3. The number of aromatic nitrogens is 2. The molecule has 1 unspecified atom stereocenters. The molecule has 0 spiro atoms. The number of likely N-dealkylation sites (N-methyl/N-ethyl adjacent to an activating group) is 1.